The van der Waals surface area contributed by atoms with Gasteiger partial charge >= 0.3 is 0 Å². The highest BCUT2D eigenvalue weighted by Crippen LogP contribution is 2.22. The fourth-order valence-electron chi connectivity index (χ4n) is 2.17. The summed E-state index contributed by atoms with van der Waals surface area (Å²) in [4.78, 5) is 15.4. The van der Waals surface area contributed by atoms with Gasteiger partial charge in [0.2, 0.25) is 5.91 Å². The second-order valence-electron chi connectivity index (χ2n) is 5.42. The van der Waals surface area contributed by atoms with Gasteiger partial charge in [0.25, 0.3) is 0 Å². The van der Waals surface area contributed by atoms with E-state index >= 15 is 0 Å². The lowest BCUT2D eigenvalue weighted by Gasteiger charge is -2.23. The van der Waals surface area contributed by atoms with Crippen LogP contribution in [0, 0.1) is 0 Å². The predicted molar refractivity (Wildman–Crippen MR) is 101 cm³/mol. The van der Waals surface area contributed by atoms with Gasteiger partial charge in [0.15, 0.2) is 0 Å². The third kappa shape index (κ3) is 6.18. The largest absolute Gasteiger partial charge is 0.353 e. The fourth-order valence-corrected chi connectivity index (χ4v) is 4.11. The van der Waals surface area contributed by atoms with E-state index in [1.165, 1.54) is 4.88 Å². The van der Waals surface area contributed by atoms with E-state index in [0.29, 0.717) is 12.3 Å². The first-order valence-corrected chi connectivity index (χ1v) is 9.76. The first-order chi connectivity index (χ1) is 11.1. The summed E-state index contributed by atoms with van der Waals surface area (Å²) >= 11 is 9.27. The van der Waals surface area contributed by atoms with Crippen molar-refractivity contribution in [2.24, 2.45) is 0 Å². The Balaban J connectivity index is 1.74. The zero-order valence-electron chi connectivity index (χ0n) is 13.3. The third-order valence-electron chi connectivity index (χ3n) is 3.38. The molecule has 23 heavy (non-hydrogen) atoms. The number of thioether (sulfide) groups is 1. The molecule has 0 aliphatic carbocycles. The lowest BCUT2D eigenvalue weighted by Crippen LogP contribution is -2.35. The van der Waals surface area contributed by atoms with Crippen LogP contribution in [-0.2, 0) is 10.5 Å². The molecule has 0 spiro atoms. The predicted octanol–water partition coefficient (Wildman–Crippen LogP) is 4.05. The summed E-state index contributed by atoms with van der Waals surface area (Å²) in [6.45, 7) is 0.629. The highest BCUT2D eigenvalue weighted by Gasteiger charge is 2.16. The molecule has 2 aromatic rings. The van der Waals surface area contributed by atoms with Gasteiger partial charge in [-0.1, -0.05) is 29.8 Å². The van der Waals surface area contributed by atoms with E-state index in [1.807, 2.05) is 44.4 Å². The highest BCUT2D eigenvalue weighted by atomic mass is 35.5. The molecule has 3 nitrogen and oxygen atoms in total. The molecule has 6 heteroatoms. The first kappa shape index (κ1) is 18.3. The Kier molecular flexibility index (Phi) is 7.43. The third-order valence-corrected chi connectivity index (χ3v) is 5.59. The Hall–Kier alpha value is -1.01. The first-order valence-electron chi connectivity index (χ1n) is 7.35. The second kappa shape index (κ2) is 9.33. The molecule has 1 heterocycles. The number of rotatable bonds is 8. The smallest absolute Gasteiger partial charge is 0.230 e. The lowest BCUT2D eigenvalue weighted by atomic mass is 10.2. The average Bonchev–Trinajstić information content (AvgIpc) is 3.01. The van der Waals surface area contributed by atoms with Gasteiger partial charge in [0.05, 0.1) is 11.8 Å². The maximum Gasteiger partial charge on any atom is 0.230 e. The number of carbonyl (C=O) groups is 1. The number of hydrogen-bond acceptors (Lipinski definition) is 4. The minimum Gasteiger partial charge on any atom is -0.353 e. The van der Waals surface area contributed by atoms with Crippen LogP contribution in [0.3, 0.4) is 0 Å². The summed E-state index contributed by atoms with van der Waals surface area (Å²) < 4.78 is 0. The molecule has 124 valence electrons. The Bertz CT molecular complexity index is 617. The number of thiophene rings is 1. The molecule has 0 aliphatic rings. The summed E-state index contributed by atoms with van der Waals surface area (Å²) in [6, 6.07) is 12.1. The number of benzene rings is 1. The van der Waals surface area contributed by atoms with Crippen molar-refractivity contribution < 1.29 is 4.79 Å². The maximum absolute atomic E-state index is 12.0. The van der Waals surface area contributed by atoms with E-state index < -0.39 is 0 Å². The molecule has 0 aliphatic heterocycles. The molecule has 0 saturated heterocycles. The van der Waals surface area contributed by atoms with Crippen molar-refractivity contribution in [2.45, 2.75) is 11.8 Å². The summed E-state index contributed by atoms with van der Waals surface area (Å²) in [6.07, 6.45) is 0. The molecule has 0 fully saturated rings. The monoisotopic (exact) mass is 368 g/mol. The van der Waals surface area contributed by atoms with Crippen molar-refractivity contribution in [3.8, 4) is 0 Å². The fraction of sp³-hybridized carbons (Fsp3) is 0.353. The average molecular weight is 369 g/mol. The van der Waals surface area contributed by atoms with Crippen LogP contribution in [0.5, 0.6) is 0 Å². The van der Waals surface area contributed by atoms with Gasteiger partial charge in [-0.3, -0.25) is 4.79 Å². The molecule has 1 aromatic heterocycles. The molecular formula is C17H21ClN2OS2. The van der Waals surface area contributed by atoms with Crippen LogP contribution in [0.25, 0.3) is 0 Å². The van der Waals surface area contributed by atoms with Crippen molar-refractivity contribution >= 4 is 40.6 Å². The van der Waals surface area contributed by atoms with E-state index in [1.54, 1.807) is 23.1 Å². The Morgan fingerprint density at radius 2 is 2.17 bits per heavy atom. The maximum atomic E-state index is 12.0. The van der Waals surface area contributed by atoms with Crippen LogP contribution >= 0.6 is 34.7 Å². The van der Waals surface area contributed by atoms with Crippen molar-refractivity contribution in [2.75, 3.05) is 26.4 Å². The highest BCUT2D eigenvalue weighted by molar-refractivity contribution is 7.99. The van der Waals surface area contributed by atoms with Gasteiger partial charge in [-0.05, 0) is 43.2 Å². The van der Waals surface area contributed by atoms with Gasteiger partial charge in [0.1, 0.15) is 0 Å². The number of hydrogen-bond donors (Lipinski definition) is 1. The minimum atomic E-state index is 0.0698. The van der Waals surface area contributed by atoms with Gasteiger partial charge in [0, 0.05) is 22.2 Å². The number of nitrogens with one attached hydrogen (secondary N) is 1. The quantitative estimate of drug-likeness (QED) is 0.762. The van der Waals surface area contributed by atoms with E-state index in [9.17, 15) is 4.79 Å². The zero-order chi connectivity index (χ0) is 16.7. The van der Waals surface area contributed by atoms with Gasteiger partial charge in [-0.2, -0.15) is 0 Å². The Morgan fingerprint density at radius 3 is 2.83 bits per heavy atom. The number of nitrogens with zero attached hydrogens (tertiary/aromatic N) is 1. The molecule has 1 N–H and O–H groups in total. The van der Waals surface area contributed by atoms with Gasteiger partial charge in [-0.15, -0.1) is 23.1 Å². The SMILES string of the molecule is CN(C)C(CNC(=O)CSCc1cccc(Cl)c1)c1cccs1. The minimum absolute atomic E-state index is 0.0698. The number of carbonyl (C=O) groups excluding carboxylic acids is 1. The normalized spacial score (nSPS) is 12.3. The van der Waals surface area contributed by atoms with E-state index in [-0.39, 0.29) is 11.9 Å². The van der Waals surface area contributed by atoms with Crippen LogP contribution in [-0.4, -0.2) is 37.2 Å². The Labute approximate surface area is 151 Å². The summed E-state index contributed by atoms with van der Waals surface area (Å²) in [7, 11) is 4.06. The molecular weight excluding hydrogens is 348 g/mol. The zero-order valence-corrected chi connectivity index (χ0v) is 15.7. The van der Waals surface area contributed by atoms with Crippen molar-refractivity contribution in [1.82, 2.24) is 10.2 Å². The summed E-state index contributed by atoms with van der Waals surface area (Å²) in [5.74, 6) is 1.31. The lowest BCUT2D eigenvalue weighted by molar-refractivity contribution is -0.118. The van der Waals surface area contributed by atoms with Crippen molar-refractivity contribution in [3.63, 3.8) is 0 Å². The van der Waals surface area contributed by atoms with Crippen LogP contribution in [0.2, 0.25) is 5.02 Å². The number of halogens is 1. The molecule has 0 saturated carbocycles. The molecule has 1 unspecified atom stereocenters. The van der Waals surface area contributed by atoms with E-state index in [4.69, 9.17) is 11.6 Å². The van der Waals surface area contributed by atoms with E-state index in [0.717, 1.165) is 16.3 Å². The Morgan fingerprint density at radius 1 is 1.35 bits per heavy atom. The van der Waals surface area contributed by atoms with Gasteiger partial charge in [-0.25, -0.2) is 0 Å². The molecule has 1 aromatic carbocycles. The molecule has 1 amide bonds. The van der Waals surface area contributed by atoms with Crippen LogP contribution in [0.1, 0.15) is 16.5 Å². The number of amides is 1. The summed E-state index contributed by atoms with van der Waals surface area (Å²) in [5.41, 5.74) is 1.14. The molecule has 0 radical (unpaired) electrons. The molecule has 2 rings (SSSR count). The van der Waals surface area contributed by atoms with Gasteiger partial charge < -0.3 is 10.2 Å². The van der Waals surface area contributed by atoms with Crippen molar-refractivity contribution in [1.29, 1.82) is 0 Å². The topological polar surface area (TPSA) is 32.3 Å². The summed E-state index contributed by atoms with van der Waals surface area (Å²) in [5, 5.41) is 5.83. The van der Waals surface area contributed by atoms with Crippen molar-refractivity contribution in [3.05, 3.63) is 57.2 Å². The van der Waals surface area contributed by atoms with Crippen LogP contribution in [0.15, 0.2) is 41.8 Å². The van der Waals surface area contributed by atoms with Crippen LogP contribution < -0.4 is 5.32 Å². The second-order valence-corrected chi connectivity index (χ2v) is 7.82. The van der Waals surface area contributed by atoms with Crippen LogP contribution in [0.4, 0.5) is 0 Å². The molecule has 1 atom stereocenters. The molecule has 0 bridgehead atoms. The van der Waals surface area contributed by atoms with E-state index in [2.05, 4.69) is 21.7 Å². The standard InChI is InChI=1S/C17H21ClN2OS2/c1-20(2)15(16-7-4-8-23-16)10-19-17(21)12-22-11-13-5-3-6-14(18)9-13/h3-9,15H,10-12H2,1-2H3,(H,19,21). The number of likely N-dealkylation sites (N-methyl/N-ethyl adjacent to an activating group) is 1.